The van der Waals surface area contributed by atoms with Gasteiger partial charge in [0.05, 0.1) is 5.75 Å². The first-order valence-corrected chi connectivity index (χ1v) is 8.61. The lowest BCUT2D eigenvalue weighted by Crippen LogP contribution is -2.46. The van der Waals surface area contributed by atoms with Crippen LogP contribution in [0.5, 0.6) is 0 Å². The number of piperazine rings is 1. The number of amides is 1. The van der Waals surface area contributed by atoms with Crippen molar-refractivity contribution in [1.29, 1.82) is 0 Å². The average molecular weight is 347 g/mol. The molecule has 1 saturated heterocycles. The van der Waals surface area contributed by atoms with Gasteiger partial charge in [0.1, 0.15) is 10.8 Å². The van der Waals surface area contributed by atoms with Crippen LogP contribution in [0.15, 0.2) is 41.4 Å². The maximum atomic E-state index is 13.0. The summed E-state index contributed by atoms with van der Waals surface area (Å²) in [4.78, 5) is 15.2. The van der Waals surface area contributed by atoms with Gasteiger partial charge in [-0.15, -0.1) is 10.2 Å². The van der Waals surface area contributed by atoms with E-state index in [1.54, 1.807) is 12.1 Å². The number of anilines is 2. The molecule has 1 fully saturated rings. The number of rotatable bonds is 5. The number of primary amides is 1. The predicted octanol–water partition coefficient (Wildman–Crippen LogP) is 1.52. The van der Waals surface area contributed by atoms with Crippen molar-refractivity contribution in [3.05, 3.63) is 42.2 Å². The molecule has 1 aromatic heterocycles. The Bertz CT molecular complexity index is 687. The second-order valence-electron chi connectivity index (χ2n) is 5.44. The number of nitrogens with zero attached hydrogens (tertiary/aromatic N) is 4. The van der Waals surface area contributed by atoms with Crippen molar-refractivity contribution in [1.82, 2.24) is 10.2 Å². The molecule has 1 amide bonds. The maximum absolute atomic E-state index is 13.0. The van der Waals surface area contributed by atoms with Gasteiger partial charge in [0.15, 0.2) is 5.82 Å². The van der Waals surface area contributed by atoms with E-state index in [2.05, 4.69) is 20.0 Å². The van der Waals surface area contributed by atoms with E-state index < -0.39 is 0 Å². The molecule has 0 bridgehead atoms. The van der Waals surface area contributed by atoms with Crippen LogP contribution in [0.1, 0.15) is 0 Å². The Labute approximate surface area is 143 Å². The normalized spacial score (nSPS) is 14.7. The molecule has 126 valence electrons. The van der Waals surface area contributed by atoms with Crippen LogP contribution in [0.25, 0.3) is 0 Å². The fourth-order valence-corrected chi connectivity index (χ4v) is 3.10. The van der Waals surface area contributed by atoms with Crippen LogP contribution in [0, 0.1) is 5.82 Å². The van der Waals surface area contributed by atoms with E-state index in [1.807, 2.05) is 12.1 Å². The number of nitrogens with two attached hydrogens (primary N) is 1. The van der Waals surface area contributed by atoms with Gasteiger partial charge < -0.3 is 15.5 Å². The van der Waals surface area contributed by atoms with Gasteiger partial charge in [-0.2, -0.15) is 0 Å². The summed E-state index contributed by atoms with van der Waals surface area (Å²) in [6.45, 7) is 3.32. The van der Waals surface area contributed by atoms with Crippen molar-refractivity contribution in [2.75, 3.05) is 41.7 Å². The molecule has 0 radical (unpaired) electrons. The highest BCUT2D eigenvalue weighted by Gasteiger charge is 2.18. The lowest BCUT2D eigenvalue weighted by atomic mass is 10.2. The van der Waals surface area contributed by atoms with E-state index in [-0.39, 0.29) is 17.5 Å². The molecule has 0 unspecified atom stereocenters. The number of thioether (sulfide) groups is 1. The molecule has 3 rings (SSSR count). The first-order valence-electron chi connectivity index (χ1n) is 7.62. The number of aromatic nitrogens is 2. The van der Waals surface area contributed by atoms with Gasteiger partial charge in [-0.25, -0.2) is 4.39 Å². The lowest BCUT2D eigenvalue weighted by Gasteiger charge is -2.36. The molecule has 1 aliphatic rings. The minimum atomic E-state index is -0.372. The summed E-state index contributed by atoms with van der Waals surface area (Å²) < 4.78 is 13.0. The van der Waals surface area contributed by atoms with E-state index in [1.165, 1.54) is 23.9 Å². The fraction of sp³-hybridized carbons (Fsp3) is 0.312. The van der Waals surface area contributed by atoms with E-state index in [0.717, 1.165) is 37.7 Å². The monoisotopic (exact) mass is 347 g/mol. The third-order valence-electron chi connectivity index (χ3n) is 3.78. The Morgan fingerprint density at radius 2 is 1.71 bits per heavy atom. The fourth-order valence-electron chi connectivity index (χ4n) is 2.55. The van der Waals surface area contributed by atoms with Crippen LogP contribution in [-0.4, -0.2) is 48.0 Å². The number of carbonyl (C=O) groups is 1. The molecule has 0 atom stereocenters. The summed E-state index contributed by atoms with van der Waals surface area (Å²) >= 11 is 1.28. The van der Waals surface area contributed by atoms with Crippen LogP contribution in [0.4, 0.5) is 15.9 Å². The Hall–Kier alpha value is -2.35. The zero-order valence-electron chi connectivity index (χ0n) is 13.1. The zero-order chi connectivity index (χ0) is 16.9. The van der Waals surface area contributed by atoms with Gasteiger partial charge in [0.25, 0.3) is 0 Å². The minimum absolute atomic E-state index is 0.199. The number of hydrogen-bond acceptors (Lipinski definition) is 6. The Morgan fingerprint density at radius 1 is 1.04 bits per heavy atom. The second-order valence-corrected chi connectivity index (χ2v) is 6.43. The third-order valence-corrected chi connectivity index (χ3v) is 4.73. The van der Waals surface area contributed by atoms with Crippen molar-refractivity contribution in [2.24, 2.45) is 5.73 Å². The minimum Gasteiger partial charge on any atom is -0.369 e. The smallest absolute Gasteiger partial charge is 0.227 e. The summed E-state index contributed by atoms with van der Waals surface area (Å²) in [5, 5.41) is 9.03. The molecule has 24 heavy (non-hydrogen) atoms. The number of halogens is 1. The summed E-state index contributed by atoms with van der Waals surface area (Å²) in [5.74, 6) is 0.423. The summed E-state index contributed by atoms with van der Waals surface area (Å²) in [7, 11) is 0. The van der Waals surface area contributed by atoms with E-state index in [4.69, 9.17) is 5.73 Å². The van der Waals surface area contributed by atoms with Crippen molar-refractivity contribution >= 4 is 29.2 Å². The highest BCUT2D eigenvalue weighted by molar-refractivity contribution is 7.99. The van der Waals surface area contributed by atoms with Crippen molar-refractivity contribution in [2.45, 2.75) is 5.03 Å². The first-order chi connectivity index (χ1) is 11.6. The van der Waals surface area contributed by atoms with Crippen molar-refractivity contribution < 1.29 is 9.18 Å². The van der Waals surface area contributed by atoms with Crippen LogP contribution < -0.4 is 15.5 Å². The van der Waals surface area contributed by atoms with Gasteiger partial charge >= 0.3 is 0 Å². The Kier molecular flexibility index (Phi) is 5.14. The highest BCUT2D eigenvalue weighted by atomic mass is 32.2. The van der Waals surface area contributed by atoms with Crippen LogP contribution in [0.2, 0.25) is 0 Å². The van der Waals surface area contributed by atoms with Crippen LogP contribution in [-0.2, 0) is 4.79 Å². The van der Waals surface area contributed by atoms with Crippen LogP contribution in [0.3, 0.4) is 0 Å². The standard InChI is InChI=1S/C16H18FN5OS/c17-12-1-3-13(4-2-12)21-7-9-22(10-8-21)15-5-6-16(20-19-15)24-11-14(18)23/h1-6H,7-11H2,(H2,18,23). The molecule has 6 nitrogen and oxygen atoms in total. The molecule has 1 aliphatic heterocycles. The average Bonchev–Trinajstić information content (AvgIpc) is 2.61. The summed E-state index contributed by atoms with van der Waals surface area (Å²) in [5.41, 5.74) is 6.14. The van der Waals surface area contributed by atoms with Crippen LogP contribution >= 0.6 is 11.8 Å². The molecular formula is C16H18FN5OS. The largest absolute Gasteiger partial charge is 0.369 e. The molecule has 0 aliphatic carbocycles. The Balaban J connectivity index is 1.56. The van der Waals surface area contributed by atoms with Crippen molar-refractivity contribution in [3.63, 3.8) is 0 Å². The predicted molar refractivity (Wildman–Crippen MR) is 92.8 cm³/mol. The van der Waals surface area contributed by atoms with Gasteiger partial charge in [-0.05, 0) is 36.4 Å². The van der Waals surface area contributed by atoms with Gasteiger partial charge in [-0.3, -0.25) is 4.79 Å². The first kappa shape index (κ1) is 16.5. The van der Waals surface area contributed by atoms with E-state index in [0.29, 0.717) is 5.03 Å². The topological polar surface area (TPSA) is 75.4 Å². The molecule has 0 spiro atoms. The third kappa shape index (κ3) is 4.14. The van der Waals surface area contributed by atoms with Gasteiger partial charge in [0, 0.05) is 31.9 Å². The zero-order valence-corrected chi connectivity index (χ0v) is 13.9. The number of carbonyl (C=O) groups excluding carboxylic acids is 1. The molecule has 1 aromatic carbocycles. The Morgan fingerprint density at radius 3 is 2.29 bits per heavy atom. The van der Waals surface area contributed by atoms with Gasteiger partial charge in [-0.1, -0.05) is 11.8 Å². The SMILES string of the molecule is NC(=O)CSc1ccc(N2CCN(c3ccc(F)cc3)CC2)nn1. The molecule has 2 heterocycles. The maximum Gasteiger partial charge on any atom is 0.227 e. The van der Waals surface area contributed by atoms with Gasteiger partial charge in [0.2, 0.25) is 5.91 Å². The lowest BCUT2D eigenvalue weighted by molar-refractivity contribution is -0.115. The molecule has 0 saturated carbocycles. The van der Waals surface area contributed by atoms with E-state index >= 15 is 0 Å². The summed E-state index contributed by atoms with van der Waals surface area (Å²) in [6.07, 6.45) is 0. The van der Waals surface area contributed by atoms with Crippen molar-refractivity contribution in [3.8, 4) is 0 Å². The quantitative estimate of drug-likeness (QED) is 0.827. The highest BCUT2D eigenvalue weighted by Crippen LogP contribution is 2.21. The molecule has 2 N–H and O–H groups in total. The molecular weight excluding hydrogens is 329 g/mol. The molecule has 2 aromatic rings. The second kappa shape index (κ2) is 7.48. The summed E-state index contributed by atoms with van der Waals surface area (Å²) in [6, 6.07) is 10.3. The molecule has 8 heteroatoms. The van der Waals surface area contributed by atoms with E-state index in [9.17, 15) is 9.18 Å². The number of hydrogen-bond donors (Lipinski definition) is 1. The number of benzene rings is 1.